The van der Waals surface area contributed by atoms with Crippen molar-refractivity contribution in [1.29, 1.82) is 0 Å². The van der Waals surface area contributed by atoms with Crippen molar-refractivity contribution in [3.05, 3.63) is 18.0 Å². The van der Waals surface area contributed by atoms with Crippen molar-refractivity contribution < 1.29 is 0 Å². The molecule has 3 nitrogen and oxygen atoms in total. The summed E-state index contributed by atoms with van der Waals surface area (Å²) in [5.74, 6) is 0. The van der Waals surface area contributed by atoms with Crippen LogP contribution in [-0.4, -0.2) is 16.8 Å². The van der Waals surface area contributed by atoms with Gasteiger partial charge in [0.15, 0.2) is 0 Å². The molecule has 3 heteroatoms. The third-order valence-corrected chi connectivity index (χ3v) is 2.14. The number of rotatable bonds is 4. The van der Waals surface area contributed by atoms with Gasteiger partial charge < -0.3 is 5.32 Å². The Morgan fingerprint density at radius 1 is 1.67 bits per heavy atom. The molecule has 0 aliphatic carbocycles. The van der Waals surface area contributed by atoms with Crippen LogP contribution in [0.5, 0.6) is 0 Å². The number of hydrogen-bond donors (Lipinski definition) is 1. The molecule has 0 aliphatic rings. The van der Waals surface area contributed by atoms with Crippen LogP contribution in [-0.2, 0) is 7.05 Å². The lowest BCUT2D eigenvalue weighted by Crippen LogP contribution is -2.19. The first-order chi connectivity index (χ1) is 5.79. The van der Waals surface area contributed by atoms with E-state index in [9.17, 15) is 0 Å². The van der Waals surface area contributed by atoms with Gasteiger partial charge in [-0.3, -0.25) is 4.68 Å². The van der Waals surface area contributed by atoms with Crippen LogP contribution in [0, 0.1) is 0 Å². The van der Waals surface area contributed by atoms with Gasteiger partial charge in [-0.25, -0.2) is 0 Å². The van der Waals surface area contributed by atoms with Crippen LogP contribution in [0.1, 0.15) is 31.5 Å². The summed E-state index contributed by atoms with van der Waals surface area (Å²) in [7, 11) is 3.97. The molecule has 0 saturated carbocycles. The van der Waals surface area contributed by atoms with E-state index in [0.29, 0.717) is 6.04 Å². The topological polar surface area (TPSA) is 29.9 Å². The van der Waals surface area contributed by atoms with Gasteiger partial charge in [0.05, 0.1) is 5.69 Å². The smallest absolute Gasteiger partial charge is 0.0550 e. The molecule has 0 spiro atoms. The van der Waals surface area contributed by atoms with Gasteiger partial charge in [0.25, 0.3) is 0 Å². The molecule has 0 amide bonds. The van der Waals surface area contributed by atoms with Crippen molar-refractivity contribution >= 4 is 0 Å². The summed E-state index contributed by atoms with van der Waals surface area (Å²) in [5.41, 5.74) is 1.26. The molecule has 1 rings (SSSR count). The Morgan fingerprint density at radius 2 is 2.42 bits per heavy atom. The van der Waals surface area contributed by atoms with Gasteiger partial charge >= 0.3 is 0 Å². The van der Waals surface area contributed by atoms with Crippen molar-refractivity contribution in [3.63, 3.8) is 0 Å². The molecular weight excluding hydrogens is 150 g/mol. The fourth-order valence-electron chi connectivity index (χ4n) is 1.45. The highest BCUT2D eigenvalue weighted by Crippen LogP contribution is 2.16. The summed E-state index contributed by atoms with van der Waals surface area (Å²) < 4.78 is 1.93. The van der Waals surface area contributed by atoms with E-state index in [2.05, 4.69) is 23.4 Å². The molecule has 1 heterocycles. The maximum atomic E-state index is 4.14. The molecular formula is C9H17N3. The average Bonchev–Trinajstić information content (AvgIpc) is 2.47. The Kier molecular flexibility index (Phi) is 3.29. The van der Waals surface area contributed by atoms with E-state index in [4.69, 9.17) is 0 Å². The quantitative estimate of drug-likeness (QED) is 0.736. The molecule has 0 aromatic carbocycles. The predicted molar refractivity (Wildman–Crippen MR) is 49.9 cm³/mol. The Morgan fingerprint density at radius 3 is 2.83 bits per heavy atom. The lowest BCUT2D eigenvalue weighted by atomic mass is 10.1. The summed E-state index contributed by atoms with van der Waals surface area (Å²) in [5, 5.41) is 7.43. The van der Waals surface area contributed by atoms with Crippen LogP contribution in [0.2, 0.25) is 0 Å². The zero-order chi connectivity index (χ0) is 8.97. The monoisotopic (exact) mass is 167 g/mol. The summed E-state index contributed by atoms with van der Waals surface area (Å²) in [6.07, 6.45) is 4.20. The first-order valence-corrected chi connectivity index (χ1v) is 4.44. The van der Waals surface area contributed by atoms with Crippen LogP contribution in [0.25, 0.3) is 0 Å². The first kappa shape index (κ1) is 9.26. The lowest BCUT2D eigenvalue weighted by molar-refractivity contribution is 0.501. The molecule has 1 atom stereocenters. The van der Waals surface area contributed by atoms with E-state index >= 15 is 0 Å². The van der Waals surface area contributed by atoms with E-state index in [1.165, 1.54) is 12.1 Å². The highest BCUT2D eigenvalue weighted by Gasteiger charge is 2.10. The fourth-order valence-corrected chi connectivity index (χ4v) is 1.45. The number of hydrogen-bond acceptors (Lipinski definition) is 2. The van der Waals surface area contributed by atoms with Crippen LogP contribution in [0.4, 0.5) is 0 Å². The Labute approximate surface area is 73.8 Å². The Bertz CT molecular complexity index is 229. The van der Waals surface area contributed by atoms with Gasteiger partial charge in [-0.2, -0.15) is 5.10 Å². The molecule has 1 aromatic heterocycles. The molecule has 0 bridgehead atoms. The standard InChI is InChI=1S/C9H17N3/c1-4-5-8(10-2)9-6-7-11-12(9)3/h6-8,10H,4-5H2,1-3H3. The number of nitrogens with one attached hydrogen (secondary N) is 1. The second-order valence-corrected chi connectivity index (χ2v) is 3.01. The lowest BCUT2D eigenvalue weighted by Gasteiger charge is -2.14. The largest absolute Gasteiger partial charge is 0.312 e. The second-order valence-electron chi connectivity index (χ2n) is 3.01. The zero-order valence-electron chi connectivity index (χ0n) is 8.04. The Hall–Kier alpha value is -0.830. The third-order valence-electron chi connectivity index (χ3n) is 2.14. The molecule has 1 aromatic rings. The van der Waals surface area contributed by atoms with Crippen molar-refractivity contribution in [2.45, 2.75) is 25.8 Å². The fraction of sp³-hybridized carbons (Fsp3) is 0.667. The van der Waals surface area contributed by atoms with E-state index in [1.54, 1.807) is 0 Å². The van der Waals surface area contributed by atoms with Crippen LogP contribution in [0.3, 0.4) is 0 Å². The molecule has 0 radical (unpaired) electrons. The SMILES string of the molecule is CCCC(NC)c1ccnn1C. The van der Waals surface area contributed by atoms with Gasteiger partial charge in [-0.15, -0.1) is 0 Å². The minimum Gasteiger partial charge on any atom is -0.312 e. The first-order valence-electron chi connectivity index (χ1n) is 4.44. The maximum Gasteiger partial charge on any atom is 0.0550 e. The van der Waals surface area contributed by atoms with Gasteiger partial charge in [0.1, 0.15) is 0 Å². The summed E-state index contributed by atoms with van der Waals surface area (Å²) in [6, 6.07) is 2.51. The summed E-state index contributed by atoms with van der Waals surface area (Å²) >= 11 is 0. The van der Waals surface area contributed by atoms with Crippen LogP contribution < -0.4 is 5.32 Å². The highest BCUT2D eigenvalue weighted by atomic mass is 15.3. The van der Waals surface area contributed by atoms with Gasteiger partial charge in [-0.05, 0) is 19.5 Å². The van der Waals surface area contributed by atoms with Crippen molar-refractivity contribution in [1.82, 2.24) is 15.1 Å². The normalized spacial score (nSPS) is 13.2. The number of nitrogens with zero attached hydrogens (tertiary/aromatic N) is 2. The number of aryl methyl sites for hydroxylation is 1. The average molecular weight is 167 g/mol. The molecule has 0 fully saturated rings. The summed E-state index contributed by atoms with van der Waals surface area (Å²) in [6.45, 7) is 2.20. The highest BCUT2D eigenvalue weighted by molar-refractivity contribution is 5.05. The van der Waals surface area contributed by atoms with E-state index in [-0.39, 0.29) is 0 Å². The predicted octanol–water partition coefficient (Wildman–Crippen LogP) is 1.48. The third kappa shape index (κ3) is 1.85. The minimum absolute atomic E-state index is 0.447. The van der Waals surface area contributed by atoms with Crippen molar-refractivity contribution in [2.75, 3.05) is 7.05 Å². The molecule has 0 saturated heterocycles. The number of aromatic nitrogens is 2. The minimum atomic E-state index is 0.447. The second kappa shape index (κ2) is 4.26. The van der Waals surface area contributed by atoms with Crippen molar-refractivity contribution in [2.24, 2.45) is 7.05 Å². The van der Waals surface area contributed by atoms with E-state index in [1.807, 2.05) is 25.0 Å². The molecule has 68 valence electrons. The van der Waals surface area contributed by atoms with E-state index in [0.717, 1.165) is 6.42 Å². The van der Waals surface area contributed by atoms with Crippen LogP contribution >= 0.6 is 0 Å². The van der Waals surface area contributed by atoms with Crippen LogP contribution in [0.15, 0.2) is 12.3 Å². The Balaban J connectivity index is 2.72. The van der Waals surface area contributed by atoms with Gasteiger partial charge in [-0.1, -0.05) is 13.3 Å². The maximum absolute atomic E-state index is 4.14. The van der Waals surface area contributed by atoms with Crippen molar-refractivity contribution in [3.8, 4) is 0 Å². The zero-order valence-corrected chi connectivity index (χ0v) is 8.04. The molecule has 12 heavy (non-hydrogen) atoms. The summed E-state index contributed by atoms with van der Waals surface area (Å²) in [4.78, 5) is 0. The molecule has 1 N–H and O–H groups in total. The van der Waals surface area contributed by atoms with Gasteiger partial charge in [0, 0.05) is 19.3 Å². The molecule has 1 unspecified atom stereocenters. The molecule has 0 aliphatic heterocycles. The van der Waals surface area contributed by atoms with E-state index < -0.39 is 0 Å². The van der Waals surface area contributed by atoms with Gasteiger partial charge in [0.2, 0.25) is 0 Å².